The van der Waals surface area contributed by atoms with Crippen molar-refractivity contribution in [1.29, 1.82) is 0 Å². The van der Waals surface area contributed by atoms with Crippen LogP contribution in [-0.4, -0.2) is 19.2 Å². The molecular formula is C20H17ClN2O4S. The van der Waals surface area contributed by atoms with E-state index in [1.54, 1.807) is 49.4 Å². The second kappa shape index (κ2) is 7.43. The maximum atomic E-state index is 12.5. The van der Waals surface area contributed by atoms with Gasteiger partial charge in [0.05, 0.1) is 11.4 Å². The maximum absolute atomic E-state index is 12.5. The maximum Gasteiger partial charge on any atom is 0.288 e. The van der Waals surface area contributed by atoms with Crippen molar-refractivity contribution < 1.29 is 17.4 Å². The van der Waals surface area contributed by atoms with Gasteiger partial charge in [-0.05, 0) is 36.8 Å². The minimum absolute atomic E-state index is 0.0978. The largest absolute Gasteiger partial charge is 0.453 e. The molecule has 3 aromatic rings. The van der Waals surface area contributed by atoms with E-state index >= 15 is 0 Å². The van der Waals surface area contributed by atoms with Gasteiger partial charge in [0, 0.05) is 5.56 Å². The highest BCUT2D eigenvalue weighted by Gasteiger charge is 2.32. The zero-order valence-electron chi connectivity index (χ0n) is 15.0. The standard InChI is InChI=1S/C20H17ClN2O4S/c1-2-13-28(24,25)27-23-16-9-3-4-10-17(16)26-18-11-5-7-14(20(18)23)15-8-6-12-19(21)22-15/h3-12H,2,13H2,1H3. The Morgan fingerprint density at radius 2 is 1.79 bits per heavy atom. The van der Waals surface area contributed by atoms with Crippen molar-refractivity contribution in [3.63, 3.8) is 0 Å². The first kappa shape index (κ1) is 18.7. The van der Waals surface area contributed by atoms with Crippen LogP contribution in [0, 0.1) is 0 Å². The van der Waals surface area contributed by atoms with Crippen LogP contribution in [0.15, 0.2) is 60.7 Å². The molecule has 144 valence electrons. The molecule has 1 aliphatic rings. The number of rotatable bonds is 5. The number of fused-ring (bicyclic) bond motifs is 2. The number of hydrogen-bond donors (Lipinski definition) is 0. The summed E-state index contributed by atoms with van der Waals surface area (Å²) < 4.78 is 36.5. The molecule has 2 aromatic carbocycles. The second-order valence-electron chi connectivity index (χ2n) is 6.20. The highest BCUT2D eigenvalue weighted by molar-refractivity contribution is 7.86. The molecule has 0 aliphatic carbocycles. The Labute approximate surface area is 168 Å². The van der Waals surface area contributed by atoms with Crippen molar-refractivity contribution >= 4 is 33.1 Å². The highest BCUT2D eigenvalue weighted by Crippen LogP contribution is 2.50. The van der Waals surface area contributed by atoms with Crippen molar-refractivity contribution in [3.05, 3.63) is 65.8 Å². The average molecular weight is 417 g/mol. The molecule has 1 aromatic heterocycles. The smallest absolute Gasteiger partial charge is 0.288 e. The van der Waals surface area contributed by atoms with Crippen LogP contribution in [0.2, 0.25) is 5.15 Å². The Balaban J connectivity index is 1.92. The normalized spacial score (nSPS) is 12.9. The average Bonchev–Trinajstić information content (AvgIpc) is 2.67. The minimum Gasteiger partial charge on any atom is -0.453 e. The van der Waals surface area contributed by atoms with Crippen LogP contribution in [0.25, 0.3) is 11.3 Å². The third kappa shape index (κ3) is 3.56. The fourth-order valence-corrected chi connectivity index (χ4v) is 4.13. The van der Waals surface area contributed by atoms with Gasteiger partial charge in [0.15, 0.2) is 11.5 Å². The van der Waals surface area contributed by atoms with Crippen LogP contribution in [0.5, 0.6) is 11.5 Å². The molecule has 0 unspecified atom stereocenters. The van der Waals surface area contributed by atoms with Gasteiger partial charge < -0.3 is 4.74 Å². The summed E-state index contributed by atoms with van der Waals surface area (Å²) >= 11 is 6.06. The van der Waals surface area contributed by atoms with E-state index in [2.05, 4.69) is 4.98 Å². The lowest BCUT2D eigenvalue weighted by Crippen LogP contribution is -2.27. The molecule has 0 radical (unpaired) electrons. The summed E-state index contributed by atoms with van der Waals surface area (Å²) in [6, 6.07) is 17.7. The molecule has 0 N–H and O–H groups in total. The summed E-state index contributed by atoms with van der Waals surface area (Å²) in [6.07, 6.45) is 0.443. The van der Waals surface area contributed by atoms with E-state index in [1.807, 2.05) is 18.2 Å². The lowest BCUT2D eigenvalue weighted by Gasteiger charge is -2.32. The van der Waals surface area contributed by atoms with Gasteiger partial charge in [-0.15, -0.1) is 4.28 Å². The number of hydrogen-bond acceptors (Lipinski definition) is 6. The summed E-state index contributed by atoms with van der Waals surface area (Å²) in [4.78, 5) is 4.35. The Morgan fingerprint density at radius 3 is 2.57 bits per heavy atom. The van der Waals surface area contributed by atoms with Gasteiger partial charge in [0.25, 0.3) is 10.1 Å². The molecule has 0 fully saturated rings. The van der Waals surface area contributed by atoms with Crippen LogP contribution in [0.1, 0.15) is 13.3 Å². The molecule has 0 saturated carbocycles. The summed E-state index contributed by atoms with van der Waals surface area (Å²) in [7, 11) is -3.80. The van der Waals surface area contributed by atoms with Crippen molar-refractivity contribution in [1.82, 2.24) is 4.98 Å². The van der Waals surface area contributed by atoms with E-state index in [0.29, 0.717) is 45.7 Å². The number of nitrogens with zero attached hydrogens (tertiary/aromatic N) is 2. The third-order valence-corrected chi connectivity index (χ3v) is 5.63. The lowest BCUT2D eigenvalue weighted by atomic mass is 10.1. The first-order valence-electron chi connectivity index (χ1n) is 8.74. The molecule has 0 saturated heterocycles. The fraction of sp³-hybridized carbons (Fsp3) is 0.150. The molecule has 0 amide bonds. The first-order valence-corrected chi connectivity index (χ1v) is 10.7. The van der Waals surface area contributed by atoms with Crippen LogP contribution in [0.4, 0.5) is 11.4 Å². The molecule has 6 nitrogen and oxygen atoms in total. The van der Waals surface area contributed by atoms with E-state index in [4.69, 9.17) is 20.6 Å². The Kier molecular flexibility index (Phi) is 4.97. The Hall–Kier alpha value is -2.61. The number of anilines is 2. The molecular weight excluding hydrogens is 400 g/mol. The quantitative estimate of drug-likeness (QED) is 0.524. The van der Waals surface area contributed by atoms with Crippen LogP contribution in [0.3, 0.4) is 0 Å². The van der Waals surface area contributed by atoms with Gasteiger partial charge in [-0.25, -0.2) is 4.98 Å². The van der Waals surface area contributed by atoms with Crippen molar-refractivity contribution in [3.8, 4) is 22.8 Å². The minimum atomic E-state index is -3.80. The third-order valence-electron chi connectivity index (χ3n) is 4.14. The summed E-state index contributed by atoms with van der Waals surface area (Å²) in [5.74, 6) is 0.863. The zero-order chi connectivity index (χ0) is 19.7. The number of benzene rings is 2. The van der Waals surface area contributed by atoms with E-state index < -0.39 is 10.1 Å². The lowest BCUT2D eigenvalue weighted by molar-refractivity contribution is 0.308. The van der Waals surface area contributed by atoms with Crippen LogP contribution < -0.4 is 9.80 Å². The summed E-state index contributed by atoms with van der Waals surface area (Å²) in [5, 5.41) is 1.63. The van der Waals surface area contributed by atoms with Crippen molar-refractivity contribution in [2.45, 2.75) is 13.3 Å². The number of pyridine rings is 1. The molecule has 0 bridgehead atoms. The molecule has 4 rings (SSSR count). The van der Waals surface area contributed by atoms with Gasteiger partial charge in [-0.2, -0.15) is 13.5 Å². The van der Waals surface area contributed by atoms with Gasteiger partial charge in [0.1, 0.15) is 16.5 Å². The predicted octanol–water partition coefficient (Wildman–Crippen LogP) is 5.32. The number of halogens is 1. The number of ether oxygens (including phenoxy) is 1. The molecule has 1 aliphatic heterocycles. The SMILES string of the molecule is CCCS(=O)(=O)ON1c2ccccc2Oc2cccc(-c3cccc(Cl)n3)c21. The van der Waals surface area contributed by atoms with E-state index in [-0.39, 0.29) is 5.75 Å². The van der Waals surface area contributed by atoms with Gasteiger partial charge in [-0.1, -0.05) is 48.9 Å². The van der Waals surface area contributed by atoms with E-state index in [0.717, 1.165) is 0 Å². The Morgan fingerprint density at radius 1 is 1.04 bits per heavy atom. The zero-order valence-corrected chi connectivity index (χ0v) is 16.6. The van der Waals surface area contributed by atoms with Crippen LogP contribution in [-0.2, 0) is 14.4 Å². The van der Waals surface area contributed by atoms with Crippen molar-refractivity contribution in [2.75, 3.05) is 10.8 Å². The molecule has 2 heterocycles. The topological polar surface area (TPSA) is 68.7 Å². The Bertz CT molecular complexity index is 1130. The highest BCUT2D eigenvalue weighted by atomic mass is 35.5. The fourth-order valence-electron chi connectivity index (χ4n) is 3.01. The summed E-state index contributed by atoms with van der Waals surface area (Å²) in [6.45, 7) is 1.78. The molecule has 0 spiro atoms. The van der Waals surface area contributed by atoms with Crippen molar-refractivity contribution in [2.24, 2.45) is 0 Å². The molecule has 0 atom stereocenters. The van der Waals surface area contributed by atoms with Gasteiger partial charge in [-0.3, -0.25) is 0 Å². The predicted molar refractivity (Wildman–Crippen MR) is 109 cm³/mol. The first-order chi connectivity index (χ1) is 13.5. The van der Waals surface area contributed by atoms with Crippen LogP contribution >= 0.6 is 11.6 Å². The van der Waals surface area contributed by atoms with E-state index in [1.165, 1.54) is 5.06 Å². The summed E-state index contributed by atoms with van der Waals surface area (Å²) in [5.41, 5.74) is 2.16. The number of aromatic nitrogens is 1. The van der Waals surface area contributed by atoms with Gasteiger partial charge >= 0.3 is 0 Å². The van der Waals surface area contributed by atoms with Gasteiger partial charge in [0.2, 0.25) is 0 Å². The molecule has 28 heavy (non-hydrogen) atoms. The van der Waals surface area contributed by atoms with E-state index in [9.17, 15) is 8.42 Å². The monoisotopic (exact) mass is 416 g/mol. The molecule has 8 heteroatoms. The number of para-hydroxylation sites is 3. The second-order valence-corrected chi connectivity index (χ2v) is 8.26.